The van der Waals surface area contributed by atoms with E-state index in [9.17, 15) is 4.79 Å². The average Bonchev–Trinajstić information content (AvgIpc) is 3.15. The summed E-state index contributed by atoms with van der Waals surface area (Å²) >= 11 is 0. The van der Waals surface area contributed by atoms with Crippen molar-refractivity contribution in [2.75, 3.05) is 12.1 Å². The fourth-order valence-electron chi connectivity index (χ4n) is 6.90. The summed E-state index contributed by atoms with van der Waals surface area (Å²) in [6, 6.07) is 16.6. The molecule has 5 aliphatic rings. The predicted octanol–water partition coefficient (Wildman–Crippen LogP) is 4.89. The van der Waals surface area contributed by atoms with Gasteiger partial charge in [-0.1, -0.05) is 30.3 Å². The molecule has 4 aliphatic carbocycles. The SMILES string of the molecule is O=C(Nc1ccc2c(c1)OCO2)C12C[C@H]3C[C@@H](C1)CC(c1ccccc1)(C3)C2. The Kier molecular flexibility index (Phi) is 3.38. The summed E-state index contributed by atoms with van der Waals surface area (Å²) in [6.45, 7) is 0.250. The van der Waals surface area contributed by atoms with E-state index in [0.717, 1.165) is 30.7 Å². The van der Waals surface area contributed by atoms with Crippen molar-refractivity contribution in [3.63, 3.8) is 0 Å². The van der Waals surface area contributed by atoms with Crippen molar-refractivity contribution in [3.8, 4) is 11.5 Å². The molecular formula is C24H25NO3. The first-order chi connectivity index (χ1) is 13.6. The topological polar surface area (TPSA) is 47.6 Å². The molecule has 2 aromatic carbocycles. The van der Waals surface area contributed by atoms with Gasteiger partial charge in [0, 0.05) is 11.8 Å². The van der Waals surface area contributed by atoms with Crippen molar-refractivity contribution in [2.24, 2.45) is 17.3 Å². The molecule has 7 rings (SSSR count). The van der Waals surface area contributed by atoms with Gasteiger partial charge in [0.2, 0.25) is 12.7 Å². The molecule has 4 bridgehead atoms. The van der Waals surface area contributed by atoms with E-state index in [0.29, 0.717) is 17.6 Å². The van der Waals surface area contributed by atoms with Gasteiger partial charge in [-0.3, -0.25) is 4.79 Å². The van der Waals surface area contributed by atoms with Crippen LogP contribution in [-0.4, -0.2) is 12.7 Å². The number of ether oxygens (including phenoxy) is 2. The summed E-state index contributed by atoms with van der Waals surface area (Å²) < 4.78 is 10.9. The van der Waals surface area contributed by atoms with E-state index in [4.69, 9.17) is 9.47 Å². The van der Waals surface area contributed by atoms with Gasteiger partial charge in [-0.2, -0.15) is 0 Å². The molecule has 4 nitrogen and oxygen atoms in total. The molecule has 0 aromatic heterocycles. The highest BCUT2D eigenvalue weighted by Gasteiger charge is 2.60. The van der Waals surface area contributed by atoms with Crippen molar-refractivity contribution < 1.29 is 14.3 Å². The van der Waals surface area contributed by atoms with Gasteiger partial charge in [-0.25, -0.2) is 0 Å². The minimum Gasteiger partial charge on any atom is -0.454 e. The Bertz CT molecular complexity index is 924. The molecular weight excluding hydrogens is 350 g/mol. The van der Waals surface area contributed by atoms with Gasteiger partial charge in [0.25, 0.3) is 0 Å². The van der Waals surface area contributed by atoms with Crippen LogP contribution in [0, 0.1) is 17.3 Å². The Hall–Kier alpha value is -2.49. The zero-order chi connectivity index (χ0) is 18.8. The standard InChI is InChI=1S/C24H25NO3/c26-22(25-19-6-7-20-21(9-19)28-15-27-20)24-12-16-8-17(13-24)11-23(10-16,14-24)18-4-2-1-3-5-18/h1-7,9,16-17H,8,10-15H2,(H,25,26)/t16-,17+,23?,24?. The first-order valence-corrected chi connectivity index (χ1v) is 10.4. The number of hydrogen-bond donors (Lipinski definition) is 1. The third-order valence-corrected chi connectivity index (χ3v) is 7.56. The van der Waals surface area contributed by atoms with Gasteiger partial charge < -0.3 is 14.8 Å². The second-order valence-corrected chi connectivity index (χ2v) is 9.41. The maximum absolute atomic E-state index is 13.6. The molecule has 1 aliphatic heterocycles. The van der Waals surface area contributed by atoms with Crippen molar-refractivity contribution in [3.05, 3.63) is 54.1 Å². The summed E-state index contributed by atoms with van der Waals surface area (Å²) in [6.07, 6.45) is 6.84. The zero-order valence-electron chi connectivity index (χ0n) is 15.9. The van der Waals surface area contributed by atoms with Crippen LogP contribution in [0.5, 0.6) is 11.5 Å². The lowest BCUT2D eigenvalue weighted by molar-refractivity contribution is -0.143. The Morgan fingerprint density at radius 1 is 0.929 bits per heavy atom. The molecule has 2 aromatic rings. The van der Waals surface area contributed by atoms with Crippen LogP contribution in [-0.2, 0) is 10.2 Å². The van der Waals surface area contributed by atoms with E-state index in [1.54, 1.807) is 0 Å². The summed E-state index contributed by atoms with van der Waals surface area (Å²) in [4.78, 5) is 13.6. The van der Waals surface area contributed by atoms with Gasteiger partial charge in [-0.15, -0.1) is 0 Å². The number of rotatable bonds is 3. The Morgan fingerprint density at radius 2 is 1.68 bits per heavy atom. The van der Waals surface area contributed by atoms with E-state index in [2.05, 4.69) is 35.6 Å². The Balaban J connectivity index is 1.31. The number of benzene rings is 2. The molecule has 0 spiro atoms. The van der Waals surface area contributed by atoms with Crippen LogP contribution in [0.3, 0.4) is 0 Å². The number of nitrogens with one attached hydrogen (secondary N) is 1. The highest BCUT2D eigenvalue weighted by atomic mass is 16.7. The smallest absolute Gasteiger partial charge is 0.231 e. The first-order valence-electron chi connectivity index (χ1n) is 10.4. The van der Waals surface area contributed by atoms with Crippen molar-refractivity contribution in [2.45, 2.75) is 43.9 Å². The minimum atomic E-state index is -0.240. The molecule has 1 amide bonds. The number of fused-ring (bicyclic) bond motifs is 1. The normalized spacial score (nSPS) is 34.4. The molecule has 1 heterocycles. The number of hydrogen-bond acceptors (Lipinski definition) is 3. The summed E-state index contributed by atoms with van der Waals surface area (Å²) in [7, 11) is 0. The van der Waals surface area contributed by atoms with E-state index < -0.39 is 0 Å². The van der Waals surface area contributed by atoms with Gasteiger partial charge in [0.05, 0.1) is 5.41 Å². The van der Waals surface area contributed by atoms with Crippen LogP contribution in [0.1, 0.15) is 44.1 Å². The Labute approximate surface area is 165 Å². The molecule has 4 fully saturated rings. The van der Waals surface area contributed by atoms with Crippen LogP contribution in [0.25, 0.3) is 0 Å². The molecule has 4 saturated carbocycles. The lowest BCUT2D eigenvalue weighted by Gasteiger charge is -2.61. The quantitative estimate of drug-likeness (QED) is 0.831. The second kappa shape index (κ2) is 5.76. The average molecular weight is 375 g/mol. The summed E-state index contributed by atoms with van der Waals surface area (Å²) in [5.41, 5.74) is 2.18. The van der Waals surface area contributed by atoms with Gasteiger partial charge in [0.1, 0.15) is 0 Å². The third kappa shape index (κ3) is 2.40. The highest BCUT2D eigenvalue weighted by molar-refractivity contribution is 5.96. The fraction of sp³-hybridized carbons (Fsp3) is 0.458. The van der Waals surface area contributed by atoms with Gasteiger partial charge in [0.15, 0.2) is 11.5 Å². The van der Waals surface area contributed by atoms with E-state index in [-0.39, 0.29) is 23.5 Å². The summed E-state index contributed by atoms with van der Waals surface area (Å²) in [5.74, 6) is 2.99. The van der Waals surface area contributed by atoms with Crippen molar-refractivity contribution in [1.82, 2.24) is 0 Å². The third-order valence-electron chi connectivity index (χ3n) is 7.56. The van der Waals surface area contributed by atoms with Crippen LogP contribution in [0.15, 0.2) is 48.5 Å². The van der Waals surface area contributed by atoms with Crippen LogP contribution < -0.4 is 14.8 Å². The maximum atomic E-state index is 13.6. The number of carbonyl (C=O) groups is 1. The minimum absolute atomic E-state index is 0.178. The number of amides is 1. The highest BCUT2D eigenvalue weighted by Crippen LogP contribution is 2.66. The monoisotopic (exact) mass is 375 g/mol. The van der Waals surface area contributed by atoms with E-state index in [1.165, 1.54) is 24.8 Å². The fourth-order valence-corrected chi connectivity index (χ4v) is 6.90. The largest absolute Gasteiger partial charge is 0.454 e. The molecule has 1 N–H and O–H groups in total. The molecule has 144 valence electrons. The molecule has 2 unspecified atom stereocenters. The molecule has 0 radical (unpaired) electrons. The predicted molar refractivity (Wildman–Crippen MR) is 106 cm³/mol. The second-order valence-electron chi connectivity index (χ2n) is 9.41. The first kappa shape index (κ1) is 16.5. The lowest BCUT2D eigenvalue weighted by atomic mass is 9.42. The van der Waals surface area contributed by atoms with E-state index >= 15 is 0 Å². The molecule has 4 heteroatoms. The lowest BCUT2D eigenvalue weighted by Crippen LogP contribution is -2.57. The molecule has 28 heavy (non-hydrogen) atoms. The van der Waals surface area contributed by atoms with Crippen LogP contribution in [0.2, 0.25) is 0 Å². The maximum Gasteiger partial charge on any atom is 0.231 e. The molecule has 4 atom stereocenters. The van der Waals surface area contributed by atoms with Crippen LogP contribution >= 0.6 is 0 Å². The van der Waals surface area contributed by atoms with Gasteiger partial charge in [-0.05, 0) is 73.5 Å². The van der Waals surface area contributed by atoms with Crippen molar-refractivity contribution >= 4 is 11.6 Å². The number of carbonyl (C=O) groups excluding carboxylic acids is 1. The van der Waals surface area contributed by atoms with E-state index in [1.807, 2.05) is 18.2 Å². The summed E-state index contributed by atoms with van der Waals surface area (Å²) in [5, 5.41) is 3.22. The number of anilines is 1. The zero-order valence-corrected chi connectivity index (χ0v) is 15.9. The van der Waals surface area contributed by atoms with Crippen molar-refractivity contribution in [1.29, 1.82) is 0 Å². The molecule has 0 saturated heterocycles. The van der Waals surface area contributed by atoms with Crippen LogP contribution in [0.4, 0.5) is 5.69 Å². The van der Waals surface area contributed by atoms with Gasteiger partial charge >= 0.3 is 0 Å². The Morgan fingerprint density at radius 3 is 2.46 bits per heavy atom.